The summed E-state index contributed by atoms with van der Waals surface area (Å²) in [5.74, 6) is -0.0276. The molecule has 6 nitrogen and oxygen atoms in total. The van der Waals surface area contributed by atoms with Crippen LogP contribution in [0.25, 0.3) is 11.3 Å². The second-order valence-corrected chi connectivity index (χ2v) is 7.98. The molecular formula is C23H21FN4O2S. The molecule has 0 saturated heterocycles. The zero-order valence-corrected chi connectivity index (χ0v) is 17.7. The highest BCUT2D eigenvalue weighted by Crippen LogP contribution is 2.28. The van der Waals surface area contributed by atoms with E-state index in [0.717, 1.165) is 22.6 Å². The van der Waals surface area contributed by atoms with Gasteiger partial charge in [-0.25, -0.2) is 9.37 Å². The van der Waals surface area contributed by atoms with E-state index < -0.39 is 0 Å². The molecule has 0 unspecified atom stereocenters. The molecule has 2 heterocycles. The SMILES string of the molecule is Cc1csc(=O)n1CCC(=O)Nc1c(-c2ccc(F)cc2)ncn1Cc1ccccc1. The van der Waals surface area contributed by atoms with Crippen molar-refractivity contribution < 1.29 is 9.18 Å². The molecule has 31 heavy (non-hydrogen) atoms. The van der Waals surface area contributed by atoms with Crippen LogP contribution in [0.2, 0.25) is 0 Å². The molecular weight excluding hydrogens is 415 g/mol. The normalized spacial score (nSPS) is 10.9. The first kappa shape index (κ1) is 20.7. The number of hydrogen-bond donors (Lipinski definition) is 1. The van der Waals surface area contributed by atoms with Crippen LogP contribution < -0.4 is 10.2 Å². The number of anilines is 1. The van der Waals surface area contributed by atoms with Crippen molar-refractivity contribution in [1.82, 2.24) is 14.1 Å². The van der Waals surface area contributed by atoms with Crippen LogP contribution in [0, 0.1) is 12.7 Å². The highest BCUT2D eigenvalue weighted by Gasteiger charge is 2.17. The van der Waals surface area contributed by atoms with Crippen molar-refractivity contribution in [3.63, 3.8) is 0 Å². The number of nitrogens with one attached hydrogen (secondary N) is 1. The van der Waals surface area contributed by atoms with Gasteiger partial charge in [-0.05, 0) is 36.8 Å². The third kappa shape index (κ3) is 4.80. The number of rotatable bonds is 7. The van der Waals surface area contributed by atoms with Gasteiger partial charge in [0.1, 0.15) is 17.3 Å². The molecule has 2 aromatic carbocycles. The molecule has 0 aliphatic carbocycles. The smallest absolute Gasteiger partial charge is 0.307 e. The zero-order valence-electron chi connectivity index (χ0n) is 16.9. The lowest BCUT2D eigenvalue weighted by Crippen LogP contribution is -2.21. The average Bonchev–Trinajstić information content (AvgIpc) is 3.30. The lowest BCUT2D eigenvalue weighted by molar-refractivity contribution is -0.116. The minimum absolute atomic E-state index is 0.0774. The van der Waals surface area contributed by atoms with Crippen molar-refractivity contribution in [3.05, 3.63) is 93.0 Å². The standard InChI is InChI=1S/C23H21FN4O2S/c1-16-14-31-23(30)28(16)12-11-20(29)26-22-21(18-7-9-19(24)10-8-18)25-15-27(22)13-17-5-3-2-4-6-17/h2-10,14-15H,11-13H2,1H3,(H,26,29). The number of aryl methyl sites for hydroxylation is 1. The van der Waals surface area contributed by atoms with Crippen LogP contribution in [0.4, 0.5) is 10.2 Å². The first-order valence-corrected chi connectivity index (χ1v) is 10.7. The number of carbonyl (C=O) groups excluding carboxylic acids is 1. The van der Waals surface area contributed by atoms with Crippen LogP contribution in [-0.4, -0.2) is 20.0 Å². The van der Waals surface area contributed by atoms with Gasteiger partial charge in [-0.15, -0.1) is 0 Å². The van der Waals surface area contributed by atoms with Gasteiger partial charge in [0, 0.05) is 29.6 Å². The molecule has 1 N–H and O–H groups in total. The Kier molecular flexibility index (Phi) is 6.08. The summed E-state index contributed by atoms with van der Waals surface area (Å²) in [7, 11) is 0. The third-order valence-electron chi connectivity index (χ3n) is 4.95. The Hall–Kier alpha value is -3.52. The number of benzene rings is 2. The molecule has 0 bridgehead atoms. The summed E-state index contributed by atoms with van der Waals surface area (Å²) in [5, 5.41) is 4.73. The van der Waals surface area contributed by atoms with Crippen LogP contribution in [-0.2, 0) is 17.9 Å². The van der Waals surface area contributed by atoms with E-state index >= 15 is 0 Å². The van der Waals surface area contributed by atoms with E-state index in [9.17, 15) is 14.0 Å². The summed E-state index contributed by atoms with van der Waals surface area (Å²) in [4.78, 5) is 29.0. The lowest BCUT2D eigenvalue weighted by atomic mass is 10.1. The summed E-state index contributed by atoms with van der Waals surface area (Å²) in [6, 6.07) is 15.8. The zero-order chi connectivity index (χ0) is 21.8. The number of imidazole rings is 1. The van der Waals surface area contributed by atoms with Crippen molar-refractivity contribution in [2.75, 3.05) is 5.32 Å². The van der Waals surface area contributed by atoms with E-state index in [1.807, 2.05) is 41.8 Å². The number of carbonyl (C=O) groups is 1. The maximum atomic E-state index is 13.4. The molecule has 8 heteroatoms. The predicted molar refractivity (Wildman–Crippen MR) is 120 cm³/mol. The fourth-order valence-corrected chi connectivity index (χ4v) is 4.08. The number of amides is 1. The van der Waals surface area contributed by atoms with Crippen molar-refractivity contribution in [2.45, 2.75) is 26.4 Å². The average molecular weight is 437 g/mol. The molecule has 0 saturated carbocycles. The van der Waals surface area contributed by atoms with Gasteiger partial charge >= 0.3 is 4.87 Å². The Morgan fingerprint density at radius 3 is 2.55 bits per heavy atom. The Labute approximate surface area is 182 Å². The molecule has 1 amide bonds. The molecule has 0 spiro atoms. The van der Waals surface area contributed by atoms with Crippen LogP contribution in [0.5, 0.6) is 0 Å². The number of halogens is 1. The van der Waals surface area contributed by atoms with Crippen LogP contribution >= 0.6 is 11.3 Å². The van der Waals surface area contributed by atoms with E-state index in [-0.39, 0.29) is 23.0 Å². The largest absolute Gasteiger partial charge is 0.312 e. The van der Waals surface area contributed by atoms with Crippen LogP contribution in [0.1, 0.15) is 17.7 Å². The quantitative estimate of drug-likeness (QED) is 0.470. The second-order valence-electron chi connectivity index (χ2n) is 7.15. The van der Waals surface area contributed by atoms with Gasteiger partial charge in [-0.1, -0.05) is 41.7 Å². The first-order valence-electron chi connectivity index (χ1n) is 9.81. The number of aromatic nitrogens is 3. The van der Waals surface area contributed by atoms with E-state index in [1.54, 1.807) is 28.4 Å². The number of nitrogens with zero attached hydrogens (tertiary/aromatic N) is 3. The number of thiazole rings is 1. The predicted octanol–water partition coefficient (Wildman–Crippen LogP) is 4.30. The topological polar surface area (TPSA) is 68.9 Å². The van der Waals surface area contributed by atoms with E-state index in [2.05, 4.69) is 10.3 Å². The minimum Gasteiger partial charge on any atom is -0.312 e. The van der Waals surface area contributed by atoms with Gasteiger partial charge in [0.15, 0.2) is 0 Å². The lowest BCUT2D eigenvalue weighted by Gasteiger charge is -2.12. The van der Waals surface area contributed by atoms with Gasteiger partial charge in [0.05, 0.1) is 12.9 Å². The molecule has 2 aromatic heterocycles. The van der Waals surface area contributed by atoms with E-state index in [0.29, 0.717) is 30.2 Å². The first-order chi connectivity index (χ1) is 15.0. The van der Waals surface area contributed by atoms with Gasteiger partial charge in [0.25, 0.3) is 0 Å². The fraction of sp³-hybridized carbons (Fsp3) is 0.174. The van der Waals surface area contributed by atoms with E-state index in [4.69, 9.17) is 0 Å². The van der Waals surface area contributed by atoms with Gasteiger partial charge in [-0.2, -0.15) is 0 Å². The highest BCUT2D eigenvalue weighted by molar-refractivity contribution is 7.07. The van der Waals surface area contributed by atoms with Gasteiger partial charge in [-0.3, -0.25) is 9.59 Å². The molecule has 0 fully saturated rings. The van der Waals surface area contributed by atoms with E-state index in [1.165, 1.54) is 12.1 Å². The van der Waals surface area contributed by atoms with Gasteiger partial charge < -0.3 is 14.5 Å². The number of hydrogen-bond acceptors (Lipinski definition) is 4. The van der Waals surface area contributed by atoms with Crippen LogP contribution in [0.3, 0.4) is 0 Å². The molecule has 0 aliphatic rings. The molecule has 4 aromatic rings. The second kappa shape index (κ2) is 9.09. The Bertz CT molecular complexity index is 1240. The Balaban J connectivity index is 1.59. The summed E-state index contributed by atoms with van der Waals surface area (Å²) in [6.45, 7) is 2.67. The van der Waals surface area contributed by atoms with Crippen molar-refractivity contribution >= 4 is 23.1 Å². The molecule has 0 radical (unpaired) electrons. The Morgan fingerprint density at radius 1 is 1.13 bits per heavy atom. The Morgan fingerprint density at radius 2 is 1.87 bits per heavy atom. The maximum Gasteiger partial charge on any atom is 0.307 e. The molecule has 0 atom stereocenters. The fourth-order valence-electron chi connectivity index (χ4n) is 3.31. The third-order valence-corrected chi connectivity index (χ3v) is 5.83. The maximum absolute atomic E-state index is 13.4. The monoisotopic (exact) mass is 436 g/mol. The van der Waals surface area contributed by atoms with Crippen molar-refractivity contribution in [1.29, 1.82) is 0 Å². The summed E-state index contributed by atoms with van der Waals surface area (Å²) in [6.07, 6.45) is 1.81. The minimum atomic E-state index is -0.338. The van der Waals surface area contributed by atoms with Crippen molar-refractivity contribution in [3.8, 4) is 11.3 Å². The summed E-state index contributed by atoms with van der Waals surface area (Å²) >= 11 is 1.12. The van der Waals surface area contributed by atoms with Crippen LogP contribution in [0.15, 0.2) is 71.1 Å². The molecule has 4 rings (SSSR count). The van der Waals surface area contributed by atoms with Crippen molar-refractivity contribution in [2.24, 2.45) is 0 Å². The summed E-state index contributed by atoms with van der Waals surface area (Å²) < 4.78 is 16.8. The summed E-state index contributed by atoms with van der Waals surface area (Å²) in [5.41, 5.74) is 3.16. The highest BCUT2D eigenvalue weighted by atomic mass is 32.1. The molecule has 0 aliphatic heterocycles. The van der Waals surface area contributed by atoms with Gasteiger partial charge in [0.2, 0.25) is 5.91 Å². The molecule has 158 valence electrons.